The Kier molecular flexibility index (Phi) is 7.24. The fourth-order valence-corrected chi connectivity index (χ4v) is 5.37. The number of carbonyl (C=O) groups is 3. The molecule has 7 heteroatoms. The monoisotopic (exact) mass is 489 g/mol. The summed E-state index contributed by atoms with van der Waals surface area (Å²) < 4.78 is 5.15. The molecule has 0 bridgehead atoms. The molecule has 0 unspecified atom stereocenters. The third-order valence-corrected chi connectivity index (χ3v) is 7.43. The van der Waals surface area contributed by atoms with Crippen molar-refractivity contribution in [2.75, 3.05) is 11.5 Å². The molecule has 3 aromatic carbocycles. The van der Waals surface area contributed by atoms with Crippen molar-refractivity contribution < 1.29 is 19.1 Å². The van der Waals surface area contributed by atoms with Crippen molar-refractivity contribution in [1.82, 2.24) is 0 Å². The average molecular weight is 490 g/mol. The summed E-state index contributed by atoms with van der Waals surface area (Å²) in [5.74, 6) is -1.49. The molecule has 0 saturated heterocycles. The first-order valence-corrected chi connectivity index (χ1v) is 12.4. The summed E-state index contributed by atoms with van der Waals surface area (Å²) >= 11 is 2.51. The van der Waals surface area contributed by atoms with Gasteiger partial charge in [-0.15, -0.1) is 0 Å². The minimum Gasteiger partial charge on any atom is -0.462 e. The van der Waals surface area contributed by atoms with Gasteiger partial charge in [0.2, 0.25) is 0 Å². The molecule has 5 nitrogen and oxygen atoms in total. The molecule has 4 rings (SSSR count). The van der Waals surface area contributed by atoms with Gasteiger partial charge >= 0.3 is 5.97 Å². The van der Waals surface area contributed by atoms with Crippen LogP contribution in [-0.2, 0) is 14.3 Å². The van der Waals surface area contributed by atoms with Gasteiger partial charge in [0.1, 0.15) is 0 Å². The van der Waals surface area contributed by atoms with Gasteiger partial charge in [0.05, 0.1) is 27.7 Å². The summed E-state index contributed by atoms with van der Waals surface area (Å²) in [6, 6.07) is 22.1. The Labute approximate surface area is 207 Å². The van der Waals surface area contributed by atoms with Gasteiger partial charge in [0.15, 0.2) is 0 Å². The van der Waals surface area contributed by atoms with Crippen molar-refractivity contribution in [3.05, 3.63) is 99.3 Å². The maximum atomic E-state index is 13.6. The fraction of sp³-hybridized carbons (Fsp3) is 0.148. The summed E-state index contributed by atoms with van der Waals surface area (Å²) in [4.78, 5) is 43.3. The largest absolute Gasteiger partial charge is 0.462 e. The van der Waals surface area contributed by atoms with Crippen LogP contribution in [0.1, 0.15) is 28.4 Å². The highest BCUT2D eigenvalue weighted by atomic mass is 32.2. The SMILES string of the molecule is CCOC(=O)c1ccccc1N1C(=O)C(Sc2ccc(C)cc2)=C(Sc2ccc(C)cc2)C1=O. The first kappa shape index (κ1) is 23.9. The lowest BCUT2D eigenvalue weighted by Gasteiger charge is -2.18. The predicted molar refractivity (Wildman–Crippen MR) is 136 cm³/mol. The van der Waals surface area contributed by atoms with Crippen LogP contribution in [0, 0.1) is 13.8 Å². The minimum atomic E-state index is -0.578. The fourth-order valence-electron chi connectivity index (χ4n) is 3.39. The number of esters is 1. The first-order chi connectivity index (χ1) is 16.4. The molecule has 0 saturated carbocycles. The number of imide groups is 1. The number of hydrogen-bond donors (Lipinski definition) is 0. The second-order valence-corrected chi connectivity index (χ2v) is 9.84. The zero-order valence-electron chi connectivity index (χ0n) is 19.0. The molecule has 3 aromatic rings. The van der Waals surface area contributed by atoms with E-state index in [1.54, 1.807) is 31.2 Å². The van der Waals surface area contributed by atoms with Crippen LogP contribution >= 0.6 is 23.5 Å². The van der Waals surface area contributed by atoms with E-state index in [2.05, 4.69) is 0 Å². The van der Waals surface area contributed by atoms with Crippen LogP contribution in [0.5, 0.6) is 0 Å². The van der Waals surface area contributed by atoms with E-state index < -0.39 is 17.8 Å². The van der Waals surface area contributed by atoms with E-state index in [9.17, 15) is 14.4 Å². The Morgan fingerprint density at radius 1 is 0.765 bits per heavy atom. The van der Waals surface area contributed by atoms with Gasteiger partial charge in [-0.1, -0.05) is 71.0 Å². The van der Waals surface area contributed by atoms with Gasteiger partial charge in [0, 0.05) is 9.79 Å². The molecule has 1 heterocycles. The summed E-state index contributed by atoms with van der Waals surface area (Å²) in [7, 11) is 0. The maximum absolute atomic E-state index is 13.6. The molecular formula is C27H23NO4S2. The molecule has 0 aromatic heterocycles. The van der Waals surface area contributed by atoms with Crippen molar-refractivity contribution in [3.63, 3.8) is 0 Å². The second-order valence-electron chi connectivity index (χ2n) is 7.67. The Hall–Kier alpha value is -3.29. The predicted octanol–water partition coefficient (Wildman–Crippen LogP) is 6.15. The summed E-state index contributed by atoms with van der Waals surface area (Å²) in [6.45, 7) is 5.88. The summed E-state index contributed by atoms with van der Waals surface area (Å²) in [5.41, 5.74) is 2.60. The van der Waals surface area contributed by atoms with Crippen LogP contribution in [0.25, 0.3) is 0 Å². The molecule has 172 valence electrons. The zero-order chi connectivity index (χ0) is 24.2. The van der Waals surface area contributed by atoms with Crippen molar-refractivity contribution in [2.24, 2.45) is 0 Å². The van der Waals surface area contributed by atoms with Crippen LogP contribution in [0.2, 0.25) is 0 Å². The number of hydrogen-bond acceptors (Lipinski definition) is 6. The van der Waals surface area contributed by atoms with Crippen molar-refractivity contribution >= 4 is 47.0 Å². The molecule has 34 heavy (non-hydrogen) atoms. The third kappa shape index (κ3) is 4.95. The van der Waals surface area contributed by atoms with Gasteiger partial charge in [-0.3, -0.25) is 9.59 Å². The zero-order valence-corrected chi connectivity index (χ0v) is 20.7. The average Bonchev–Trinajstić information content (AvgIpc) is 3.06. The highest BCUT2D eigenvalue weighted by molar-refractivity contribution is 8.08. The number of nitrogens with zero attached hydrogens (tertiary/aromatic N) is 1. The third-order valence-electron chi connectivity index (χ3n) is 5.12. The minimum absolute atomic E-state index is 0.173. The van der Waals surface area contributed by atoms with Crippen LogP contribution in [0.15, 0.2) is 92.4 Å². The molecular weight excluding hydrogens is 466 g/mol. The normalized spacial score (nSPS) is 13.6. The van der Waals surface area contributed by atoms with Crippen LogP contribution in [0.4, 0.5) is 5.69 Å². The van der Waals surface area contributed by atoms with E-state index in [-0.39, 0.29) is 17.9 Å². The lowest BCUT2D eigenvalue weighted by atomic mass is 10.1. The van der Waals surface area contributed by atoms with E-state index in [1.165, 1.54) is 23.5 Å². The molecule has 0 radical (unpaired) electrons. The van der Waals surface area contributed by atoms with Gasteiger partial charge in [-0.25, -0.2) is 9.69 Å². The number of ether oxygens (including phenoxy) is 1. The Balaban J connectivity index is 1.76. The Morgan fingerprint density at radius 3 is 1.71 bits per heavy atom. The molecule has 0 spiro atoms. The topological polar surface area (TPSA) is 63.7 Å². The number of rotatable bonds is 7. The van der Waals surface area contributed by atoms with E-state index >= 15 is 0 Å². The molecule has 0 aliphatic carbocycles. The van der Waals surface area contributed by atoms with E-state index in [0.29, 0.717) is 9.81 Å². The highest BCUT2D eigenvalue weighted by Crippen LogP contribution is 2.44. The van der Waals surface area contributed by atoms with E-state index in [0.717, 1.165) is 25.8 Å². The molecule has 0 fully saturated rings. The molecule has 2 amide bonds. The van der Waals surface area contributed by atoms with Crippen molar-refractivity contribution in [1.29, 1.82) is 0 Å². The smallest absolute Gasteiger partial charge is 0.340 e. The molecule has 1 aliphatic heterocycles. The second kappa shape index (κ2) is 10.3. The van der Waals surface area contributed by atoms with Crippen molar-refractivity contribution in [2.45, 2.75) is 30.6 Å². The van der Waals surface area contributed by atoms with Crippen LogP contribution in [0.3, 0.4) is 0 Å². The lowest BCUT2D eigenvalue weighted by molar-refractivity contribution is -0.120. The van der Waals surface area contributed by atoms with Gasteiger partial charge in [0.25, 0.3) is 11.8 Å². The summed E-state index contributed by atoms with van der Waals surface area (Å²) in [6.07, 6.45) is 0. The van der Waals surface area contributed by atoms with Crippen LogP contribution in [-0.4, -0.2) is 24.4 Å². The Morgan fingerprint density at radius 2 is 1.24 bits per heavy atom. The number of benzene rings is 3. The maximum Gasteiger partial charge on any atom is 0.340 e. The highest BCUT2D eigenvalue weighted by Gasteiger charge is 2.42. The van der Waals surface area contributed by atoms with Crippen molar-refractivity contribution in [3.8, 4) is 0 Å². The standard InChI is InChI=1S/C27H23NO4S2/c1-4-32-27(31)21-7-5-6-8-22(21)28-25(29)23(33-19-13-9-17(2)10-14-19)24(26(28)30)34-20-15-11-18(3)12-16-20/h5-16H,4H2,1-3H3. The van der Waals surface area contributed by atoms with E-state index in [1.807, 2.05) is 62.4 Å². The van der Waals surface area contributed by atoms with Crippen LogP contribution < -0.4 is 4.90 Å². The molecule has 0 N–H and O–H groups in total. The lowest BCUT2D eigenvalue weighted by Crippen LogP contribution is -2.32. The number of carbonyl (C=O) groups excluding carboxylic acids is 3. The molecule has 0 atom stereocenters. The number of thioether (sulfide) groups is 2. The van der Waals surface area contributed by atoms with Gasteiger partial charge < -0.3 is 4.74 Å². The van der Waals surface area contributed by atoms with E-state index in [4.69, 9.17) is 4.74 Å². The number of para-hydroxylation sites is 1. The first-order valence-electron chi connectivity index (χ1n) is 10.8. The summed E-state index contributed by atoms with van der Waals surface area (Å²) in [5, 5.41) is 0. The quantitative estimate of drug-likeness (QED) is 0.293. The molecule has 1 aliphatic rings. The van der Waals surface area contributed by atoms with Gasteiger partial charge in [-0.2, -0.15) is 0 Å². The van der Waals surface area contributed by atoms with Gasteiger partial charge in [-0.05, 0) is 57.2 Å². The number of aryl methyl sites for hydroxylation is 2. The Bertz CT molecular complexity index is 1210. The number of anilines is 1. The number of amides is 2.